The largest absolute Gasteiger partial charge is 0.364 e. The van der Waals surface area contributed by atoms with Gasteiger partial charge in [-0.2, -0.15) is 0 Å². The topological polar surface area (TPSA) is 102 Å². The minimum absolute atomic E-state index is 0.0677. The summed E-state index contributed by atoms with van der Waals surface area (Å²) in [6, 6.07) is 18.4. The van der Waals surface area contributed by atoms with Gasteiger partial charge in [0, 0.05) is 23.9 Å². The fraction of sp³-hybridized carbons (Fsp3) is 0.150. The number of nitro groups is 1. The first-order valence-electron chi connectivity index (χ1n) is 8.53. The molecule has 0 saturated heterocycles. The van der Waals surface area contributed by atoms with Crippen molar-refractivity contribution in [1.82, 2.24) is 4.98 Å². The maximum atomic E-state index is 11.6. The third-order valence-electron chi connectivity index (χ3n) is 4.29. The number of hydrogen-bond acceptors (Lipinski definition) is 6. The molecule has 1 heterocycles. The molecule has 0 amide bonds. The van der Waals surface area contributed by atoms with Gasteiger partial charge in [0.2, 0.25) is 0 Å². The van der Waals surface area contributed by atoms with Crippen LogP contribution in [0.15, 0.2) is 71.6 Å². The van der Waals surface area contributed by atoms with Gasteiger partial charge in [-0.1, -0.05) is 42.5 Å². The lowest BCUT2D eigenvalue weighted by Gasteiger charge is -2.16. The summed E-state index contributed by atoms with van der Waals surface area (Å²) >= 11 is 0. The van der Waals surface area contributed by atoms with Gasteiger partial charge < -0.3 is 5.32 Å². The average molecular weight is 397 g/mol. The summed E-state index contributed by atoms with van der Waals surface area (Å²) in [6.07, 6.45) is 1.16. The first-order valence-corrected chi connectivity index (χ1v) is 10.4. The van der Waals surface area contributed by atoms with Crippen LogP contribution in [-0.4, -0.2) is 24.6 Å². The fourth-order valence-corrected chi connectivity index (χ4v) is 3.43. The normalized spacial score (nSPS) is 12.4. The minimum atomic E-state index is -3.25. The number of pyridine rings is 1. The predicted molar refractivity (Wildman–Crippen MR) is 108 cm³/mol. The van der Waals surface area contributed by atoms with Crippen LogP contribution >= 0.6 is 0 Å². The summed E-state index contributed by atoms with van der Waals surface area (Å²) in [7, 11) is -3.25. The lowest BCUT2D eigenvalue weighted by Crippen LogP contribution is -2.09. The van der Waals surface area contributed by atoms with Gasteiger partial charge >= 0.3 is 0 Å². The summed E-state index contributed by atoms with van der Waals surface area (Å²) in [5, 5.41) is 14.6. The SMILES string of the molecule is CC(Nc1ccc([N+](=O)[O-])c(-c2ccccc2)n1)c1ccc(S(C)(=O)=O)cc1. The molecule has 0 fully saturated rings. The van der Waals surface area contributed by atoms with Crippen molar-refractivity contribution < 1.29 is 13.3 Å². The van der Waals surface area contributed by atoms with Crippen molar-refractivity contribution in [2.45, 2.75) is 17.9 Å². The van der Waals surface area contributed by atoms with E-state index >= 15 is 0 Å². The van der Waals surface area contributed by atoms with E-state index in [1.807, 2.05) is 13.0 Å². The molecule has 8 heteroatoms. The van der Waals surface area contributed by atoms with E-state index in [2.05, 4.69) is 10.3 Å². The van der Waals surface area contributed by atoms with Crippen LogP contribution in [0.2, 0.25) is 0 Å². The average Bonchev–Trinajstić information content (AvgIpc) is 2.68. The minimum Gasteiger partial charge on any atom is -0.364 e. The van der Waals surface area contributed by atoms with Crippen LogP contribution < -0.4 is 5.32 Å². The number of hydrogen-bond donors (Lipinski definition) is 1. The lowest BCUT2D eigenvalue weighted by atomic mass is 10.1. The van der Waals surface area contributed by atoms with Gasteiger partial charge in [0.15, 0.2) is 15.5 Å². The van der Waals surface area contributed by atoms with Crippen molar-refractivity contribution in [1.29, 1.82) is 0 Å². The first kappa shape index (κ1) is 19.5. The molecule has 0 aliphatic heterocycles. The first-order chi connectivity index (χ1) is 13.3. The zero-order chi connectivity index (χ0) is 20.3. The summed E-state index contributed by atoms with van der Waals surface area (Å²) < 4.78 is 23.2. The van der Waals surface area contributed by atoms with Crippen LogP contribution in [0, 0.1) is 10.1 Å². The maximum Gasteiger partial charge on any atom is 0.295 e. The highest BCUT2D eigenvalue weighted by Crippen LogP contribution is 2.30. The highest BCUT2D eigenvalue weighted by atomic mass is 32.2. The summed E-state index contributed by atoms with van der Waals surface area (Å²) in [6.45, 7) is 1.90. The molecule has 0 spiro atoms. The molecular weight excluding hydrogens is 378 g/mol. The quantitative estimate of drug-likeness (QED) is 0.493. The molecule has 1 N–H and O–H groups in total. The predicted octanol–water partition coefficient (Wildman–Crippen LogP) is 4.23. The van der Waals surface area contributed by atoms with Crippen LogP contribution in [0.3, 0.4) is 0 Å². The molecule has 28 heavy (non-hydrogen) atoms. The van der Waals surface area contributed by atoms with Gasteiger partial charge in [-0.05, 0) is 30.7 Å². The van der Waals surface area contributed by atoms with Crippen molar-refractivity contribution in [3.05, 3.63) is 82.4 Å². The second-order valence-corrected chi connectivity index (χ2v) is 8.41. The summed E-state index contributed by atoms with van der Waals surface area (Å²) in [4.78, 5) is 15.6. The van der Waals surface area contributed by atoms with E-state index < -0.39 is 14.8 Å². The molecule has 1 atom stereocenters. The smallest absolute Gasteiger partial charge is 0.295 e. The van der Waals surface area contributed by atoms with Gasteiger partial charge in [0.05, 0.1) is 9.82 Å². The Labute approximate surface area is 163 Å². The Bertz CT molecular complexity index is 1100. The molecular formula is C20H19N3O4S. The number of rotatable bonds is 6. The Morgan fingerprint density at radius 3 is 2.21 bits per heavy atom. The third kappa shape index (κ3) is 4.34. The molecule has 3 rings (SSSR count). The van der Waals surface area contributed by atoms with Crippen LogP contribution in [0.25, 0.3) is 11.3 Å². The van der Waals surface area contributed by atoms with Crippen molar-refractivity contribution in [2.24, 2.45) is 0 Å². The highest BCUT2D eigenvalue weighted by Gasteiger charge is 2.18. The van der Waals surface area contributed by atoms with Crippen LogP contribution in [-0.2, 0) is 9.84 Å². The second kappa shape index (κ2) is 7.77. The van der Waals surface area contributed by atoms with E-state index in [1.165, 1.54) is 6.07 Å². The van der Waals surface area contributed by atoms with Gasteiger partial charge in [-0.15, -0.1) is 0 Å². The molecule has 7 nitrogen and oxygen atoms in total. The Hall–Kier alpha value is -3.26. The summed E-state index contributed by atoms with van der Waals surface area (Å²) in [5.41, 5.74) is 1.74. The Morgan fingerprint density at radius 1 is 1.00 bits per heavy atom. The standard InChI is InChI=1S/C20H19N3O4S/c1-14(15-8-10-17(11-9-15)28(2,26)27)21-19-13-12-18(23(24)25)20(22-19)16-6-4-3-5-7-16/h3-14H,1-2H3,(H,21,22). The number of benzene rings is 2. The third-order valence-corrected chi connectivity index (χ3v) is 5.42. The Morgan fingerprint density at radius 2 is 1.64 bits per heavy atom. The maximum absolute atomic E-state index is 11.6. The number of nitrogens with zero attached hydrogens (tertiary/aromatic N) is 2. The van der Waals surface area contributed by atoms with Gasteiger partial charge in [0.25, 0.3) is 5.69 Å². The lowest BCUT2D eigenvalue weighted by molar-refractivity contribution is -0.384. The molecule has 0 bridgehead atoms. The van der Waals surface area contributed by atoms with E-state index in [9.17, 15) is 18.5 Å². The molecule has 0 saturated carbocycles. The number of sulfone groups is 1. The van der Waals surface area contributed by atoms with Gasteiger partial charge in [-0.3, -0.25) is 10.1 Å². The molecule has 0 aliphatic rings. The Balaban J connectivity index is 1.89. The molecule has 1 aromatic heterocycles. The molecule has 1 unspecified atom stereocenters. The monoisotopic (exact) mass is 397 g/mol. The van der Waals surface area contributed by atoms with Crippen LogP contribution in [0.1, 0.15) is 18.5 Å². The fourth-order valence-electron chi connectivity index (χ4n) is 2.80. The van der Waals surface area contributed by atoms with E-state index in [0.29, 0.717) is 11.4 Å². The van der Waals surface area contributed by atoms with E-state index in [4.69, 9.17) is 0 Å². The van der Waals surface area contributed by atoms with Crippen LogP contribution in [0.5, 0.6) is 0 Å². The Kier molecular flexibility index (Phi) is 5.41. The number of anilines is 1. The molecule has 144 valence electrons. The van der Waals surface area contributed by atoms with E-state index in [-0.39, 0.29) is 22.3 Å². The van der Waals surface area contributed by atoms with Crippen LogP contribution in [0.4, 0.5) is 11.5 Å². The number of aromatic nitrogens is 1. The van der Waals surface area contributed by atoms with Crippen molar-refractivity contribution in [3.8, 4) is 11.3 Å². The second-order valence-electron chi connectivity index (χ2n) is 6.39. The highest BCUT2D eigenvalue weighted by molar-refractivity contribution is 7.90. The molecule has 3 aromatic rings. The molecule has 0 aliphatic carbocycles. The van der Waals surface area contributed by atoms with E-state index in [1.54, 1.807) is 54.6 Å². The zero-order valence-electron chi connectivity index (χ0n) is 15.4. The summed E-state index contributed by atoms with van der Waals surface area (Å²) in [5.74, 6) is 0.490. The number of nitrogens with one attached hydrogen (secondary N) is 1. The van der Waals surface area contributed by atoms with E-state index in [0.717, 1.165) is 11.8 Å². The van der Waals surface area contributed by atoms with Crippen molar-refractivity contribution >= 4 is 21.3 Å². The molecule has 0 radical (unpaired) electrons. The zero-order valence-corrected chi connectivity index (χ0v) is 16.2. The van der Waals surface area contributed by atoms with Gasteiger partial charge in [-0.25, -0.2) is 13.4 Å². The van der Waals surface area contributed by atoms with Crippen molar-refractivity contribution in [2.75, 3.05) is 11.6 Å². The van der Waals surface area contributed by atoms with Crippen molar-refractivity contribution in [3.63, 3.8) is 0 Å². The molecule has 2 aromatic carbocycles. The van der Waals surface area contributed by atoms with Gasteiger partial charge in [0.1, 0.15) is 5.82 Å².